The second-order valence-electron chi connectivity index (χ2n) is 12.8. The molecule has 1 spiro atoms. The highest BCUT2D eigenvalue weighted by Crippen LogP contribution is 2.51. The molecule has 0 bridgehead atoms. The maximum Gasteiger partial charge on any atom is 0.306 e. The number of carboxylic acids is 1. The van der Waals surface area contributed by atoms with Crippen molar-refractivity contribution in [1.29, 1.82) is 0 Å². The number of hydrogen-bond donors (Lipinski definition) is 1. The van der Waals surface area contributed by atoms with Gasteiger partial charge < -0.3 is 10.0 Å². The van der Waals surface area contributed by atoms with E-state index in [0.29, 0.717) is 11.8 Å². The van der Waals surface area contributed by atoms with Crippen molar-refractivity contribution >= 4 is 30.8 Å². The number of likely N-dealkylation sites (tertiary alicyclic amines) is 1. The fraction of sp³-hybridized carbons (Fsp3) is 0.688. The lowest BCUT2D eigenvalue weighted by molar-refractivity contribution is -0.144. The van der Waals surface area contributed by atoms with E-state index in [-0.39, 0.29) is 53.8 Å². The van der Waals surface area contributed by atoms with E-state index in [4.69, 9.17) is 5.10 Å². The summed E-state index contributed by atoms with van der Waals surface area (Å²) in [5, 5.41) is 15.1. The fourth-order valence-corrected chi connectivity index (χ4v) is 8.43. The second-order valence-corrected chi connectivity index (χ2v) is 12.8. The van der Waals surface area contributed by atoms with Crippen molar-refractivity contribution in [3.63, 3.8) is 0 Å². The molecular formula is C32H46Cl2FN3O2. The lowest BCUT2D eigenvalue weighted by Gasteiger charge is -2.41. The molecule has 1 aliphatic heterocycles. The average Bonchev–Trinajstić information content (AvgIpc) is 3.37. The quantitative estimate of drug-likeness (QED) is 0.339. The van der Waals surface area contributed by atoms with Crippen LogP contribution in [0.2, 0.25) is 0 Å². The SMILES string of the molecule is CCc1nn(CC)c2c1CCC21CCN(C[C@H]2C[C@H]([C@@H](CC3CC3)C(=O)O)C[C@@H]2c2cccc(F)c2)CC1.Cl.Cl. The number of aliphatic carboxylic acids is 1. The van der Waals surface area contributed by atoms with Crippen LogP contribution >= 0.6 is 24.8 Å². The molecule has 1 saturated heterocycles. The molecule has 0 radical (unpaired) electrons. The summed E-state index contributed by atoms with van der Waals surface area (Å²) < 4.78 is 16.5. The summed E-state index contributed by atoms with van der Waals surface area (Å²) in [6, 6.07) is 7.09. The summed E-state index contributed by atoms with van der Waals surface area (Å²) >= 11 is 0. The highest BCUT2D eigenvalue weighted by molar-refractivity contribution is 5.85. The van der Waals surface area contributed by atoms with Crippen molar-refractivity contribution < 1.29 is 14.3 Å². The van der Waals surface area contributed by atoms with Gasteiger partial charge in [0.15, 0.2) is 0 Å². The first-order chi connectivity index (χ1) is 18.4. The van der Waals surface area contributed by atoms with Crippen molar-refractivity contribution in [2.24, 2.45) is 23.7 Å². The Bertz CT molecular complexity index is 1170. The zero-order valence-electron chi connectivity index (χ0n) is 24.0. The maximum absolute atomic E-state index is 14.2. The lowest BCUT2D eigenvalue weighted by atomic mass is 9.75. The molecule has 3 fully saturated rings. The normalized spacial score (nSPS) is 26.2. The predicted molar refractivity (Wildman–Crippen MR) is 161 cm³/mol. The Morgan fingerprint density at radius 3 is 2.52 bits per heavy atom. The minimum absolute atomic E-state index is 0. The van der Waals surface area contributed by atoms with Gasteiger partial charge in [-0.15, -0.1) is 24.8 Å². The summed E-state index contributed by atoms with van der Waals surface area (Å²) in [5.74, 6) is 0.328. The third kappa shape index (κ3) is 5.96. The molecule has 4 atom stereocenters. The number of aryl methyl sites for hydroxylation is 2. The molecule has 5 nitrogen and oxygen atoms in total. The van der Waals surface area contributed by atoms with Gasteiger partial charge in [-0.25, -0.2) is 4.39 Å². The molecule has 40 heavy (non-hydrogen) atoms. The van der Waals surface area contributed by atoms with Crippen molar-refractivity contribution in [3.8, 4) is 0 Å². The van der Waals surface area contributed by atoms with Gasteiger partial charge in [0.05, 0.1) is 11.6 Å². The topological polar surface area (TPSA) is 58.4 Å². The van der Waals surface area contributed by atoms with E-state index in [9.17, 15) is 14.3 Å². The number of nitrogens with zero attached hydrogens (tertiary/aromatic N) is 3. The second kappa shape index (κ2) is 12.7. The van der Waals surface area contributed by atoms with Crippen LogP contribution in [0.5, 0.6) is 0 Å². The third-order valence-electron chi connectivity index (χ3n) is 10.6. The van der Waals surface area contributed by atoms with Crippen LogP contribution in [0.25, 0.3) is 0 Å². The van der Waals surface area contributed by atoms with Crippen LogP contribution in [0, 0.1) is 29.5 Å². The number of piperidine rings is 1. The van der Waals surface area contributed by atoms with E-state index in [1.165, 1.54) is 61.5 Å². The number of aromatic nitrogens is 2. The van der Waals surface area contributed by atoms with Crippen molar-refractivity contribution in [2.75, 3.05) is 19.6 Å². The third-order valence-corrected chi connectivity index (χ3v) is 10.6. The summed E-state index contributed by atoms with van der Waals surface area (Å²) in [5.41, 5.74) is 5.68. The summed E-state index contributed by atoms with van der Waals surface area (Å²) in [6.45, 7) is 8.53. The molecule has 2 aromatic rings. The van der Waals surface area contributed by atoms with E-state index < -0.39 is 5.97 Å². The van der Waals surface area contributed by atoms with E-state index in [1.807, 2.05) is 6.07 Å². The van der Waals surface area contributed by atoms with Gasteiger partial charge in [-0.2, -0.15) is 5.10 Å². The van der Waals surface area contributed by atoms with E-state index >= 15 is 0 Å². The first kappa shape index (κ1) is 31.3. The summed E-state index contributed by atoms with van der Waals surface area (Å²) in [6.07, 6.45) is 10.8. The molecular weight excluding hydrogens is 548 g/mol. The molecule has 0 amide bonds. The van der Waals surface area contributed by atoms with Crippen molar-refractivity contribution in [1.82, 2.24) is 14.7 Å². The van der Waals surface area contributed by atoms with Gasteiger partial charge in [-0.3, -0.25) is 9.48 Å². The lowest BCUT2D eigenvalue weighted by Crippen LogP contribution is -2.44. The van der Waals surface area contributed by atoms with E-state index in [2.05, 4.69) is 29.5 Å². The Morgan fingerprint density at radius 1 is 1.15 bits per heavy atom. The molecule has 2 heterocycles. The van der Waals surface area contributed by atoms with Crippen LogP contribution in [0.3, 0.4) is 0 Å². The van der Waals surface area contributed by atoms with Gasteiger partial charge >= 0.3 is 5.97 Å². The number of fused-ring (bicyclic) bond motifs is 2. The zero-order chi connectivity index (χ0) is 26.4. The standard InChI is InChI=1S/C32H44FN3O2.2ClH/c1-3-29-26-10-11-32(30(26)36(4-2)34-29)12-14-35(15-13-32)20-24-17-23(28(31(37)38)16-21-8-9-21)19-27(24)22-6-5-7-25(33)18-22;;/h5-7,18,21,23-24,27-28H,3-4,8-17,19-20H2,1-2H3,(H,37,38);2*1H/t23-,24+,27+,28+;;/m0../s1. The monoisotopic (exact) mass is 593 g/mol. The first-order valence-electron chi connectivity index (χ1n) is 15.2. The highest BCUT2D eigenvalue weighted by Gasteiger charge is 2.47. The minimum atomic E-state index is -0.628. The Labute approximate surface area is 251 Å². The van der Waals surface area contributed by atoms with E-state index in [1.54, 1.807) is 6.07 Å². The van der Waals surface area contributed by atoms with Crippen molar-refractivity contribution in [3.05, 3.63) is 52.6 Å². The molecule has 8 heteroatoms. The minimum Gasteiger partial charge on any atom is -0.481 e. The van der Waals surface area contributed by atoms with Crippen LogP contribution in [0.4, 0.5) is 4.39 Å². The molecule has 1 aromatic heterocycles. The largest absolute Gasteiger partial charge is 0.481 e. The van der Waals surface area contributed by atoms with Crippen LogP contribution in [0.15, 0.2) is 24.3 Å². The van der Waals surface area contributed by atoms with Gasteiger partial charge in [0.1, 0.15) is 5.82 Å². The molecule has 1 aromatic carbocycles. The van der Waals surface area contributed by atoms with Crippen LogP contribution in [0.1, 0.15) is 93.6 Å². The van der Waals surface area contributed by atoms with Gasteiger partial charge in [-0.05, 0) is 118 Å². The number of benzene rings is 1. The Morgan fingerprint density at radius 2 is 1.90 bits per heavy atom. The van der Waals surface area contributed by atoms with Gasteiger partial charge in [-0.1, -0.05) is 31.9 Å². The number of halogens is 3. The predicted octanol–water partition coefficient (Wildman–Crippen LogP) is 7.04. The fourth-order valence-electron chi connectivity index (χ4n) is 8.43. The van der Waals surface area contributed by atoms with E-state index in [0.717, 1.165) is 57.4 Å². The number of rotatable bonds is 9. The van der Waals surface area contributed by atoms with Crippen molar-refractivity contribution in [2.45, 2.75) is 95.9 Å². The molecule has 4 aliphatic rings. The molecule has 6 rings (SSSR count). The summed E-state index contributed by atoms with van der Waals surface area (Å²) in [7, 11) is 0. The number of carboxylic acid groups (broad SMARTS) is 1. The van der Waals surface area contributed by atoms with Crippen LogP contribution in [-0.4, -0.2) is 45.4 Å². The Hall–Kier alpha value is -1.63. The molecule has 222 valence electrons. The number of carbonyl (C=O) groups is 1. The first-order valence-corrected chi connectivity index (χ1v) is 15.2. The summed E-state index contributed by atoms with van der Waals surface area (Å²) in [4.78, 5) is 14.9. The maximum atomic E-state index is 14.2. The highest BCUT2D eigenvalue weighted by atomic mass is 35.5. The van der Waals surface area contributed by atoms with Gasteiger partial charge in [0, 0.05) is 24.2 Å². The average molecular weight is 595 g/mol. The molecule has 3 aliphatic carbocycles. The molecule has 2 saturated carbocycles. The van der Waals surface area contributed by atoms with Gasteiger partial charge in [0.25, 0.3) is 0 Å². The smallest absolute Gasteiger partial charge is 0.306 e. The van der Waals surface area contributed by atoms with Gasteiger partial charge in [0.2, 0.25) is 0 Å². The Kier molecular flexibility index (Phi) is 9.95. The Balaban J connectivity index is 0.00000185. The zero-order valence-corrected chi connectivity index (χ0v) is 25.6. The van der Waals surface area contributed by atoms with Crippen LogP contribution in [-0.2, 0) is 29.6 Å². The number of hydrogen-bond acceptors (Lipinski definition) is 3. The molecule has 1 N–H and O–H groups in total. The molecule has 0 unspecified atom stereocenters. The van der Waals surface area contributed by atoms with Crippen LogP contribution < -0.4 is 0 Å².